The molecule has 9 heteroatoms. The first-order valence-corrected chi connectivity index (χ1v) is 11.5. The molecule has 0 saturated heterocycles. The third-order valence-electron chi connectivity index (χ3n) is 6.03. The van der Waals surface area contributed by atoms with Crippen LogP contribution in [0.3, 0.4) is 0 Å². The fraction of sp³-hybridized carbons (Fsp3) is 0.107. The van der Waals surface area contributed by atoms with E-state index < -0.39 is 23.8 Å². The summed E-state index contributed by atoms with van der Waals surface area (Å²) in [6, 6.07) is 23.7. The molecule has 0 radical (unpaired) electrons. The smallest absolute Gasteiger partial charge is 0.274 e. The van der Waals surface area contributed by atoms with Crippen molar-refractivity contribution in [1.29, 1.82) is 0 Å². The summed E-state index contributed by atoms with van der Waals surface area (Å²) in [6.45, 7) is 0.0894. The van der Waals surface area contributed by atoms with Crippen molar-refractivity contribution in [3.63, 3.8) is 0 Å². The lowest BCUT2D eigenvalue weighted by molar-refractivity contribution is -0.118. The molecule has 0 aromatic heterocycles. The van der Waals surface area contributed by atoms with E-state index in [9.17, 15) is 14.4 Å². The van der Waals surface area contributed by atoms with Crippen LogP contribution in [0.4, 0.5) is 5.69 Å². The fourth-order valence-corrected chi connectivity index (χ4v) is 4.09. The normalized spacial score (nSPS) is 12.6. The minimum Gasteiger partial charge on any atom is -0.454 e. The third-order valence-corrected chi connectivity index (χ3v) is 6.03. The largest absolute Gasteiger partial charge is 0.454 e. The standard InChI is InChI=1S/C28H23N3O6/c32-26(21-9-12-24-25(15-21)37-16-36-24)30-23(14-17-5-6-18-3-1-2-4-20(18)13-17)28(34)29-22-10-7-19(8-11-22)27(33)31-35/h1-13,15,23,35H,14,16H2,(H,29,34)(H,30,32)(H,31,33). The van der Waals surface area contributed by atoms with Gasteiger partial charge in [0.1, 0.15) is 6.04 Å². The molecule has 1 heterocycles. The van der Waals surface area contributed by atoms with Gasteiger partial charge in [-0.25, -0.2) is 5.48 Å². The molecule has 0 saturated carbocycles. The Morgan fingerprint density at radius 1 is 0.784 bits per heavy atom. The van der Waals surface area contributed by atoms with E-state index in [-0.39, 0.29) is 18.8 Å². The summed E-state index contributed by atoms with van der Waals surface area (Å²) in [5.74, 6) is -0.505. The topological polar surface area (TPSA) is 126 Å². The maximum Gasteiger partial charge on any atom is 0.274 e. The Kier molecular flexibility index (Phi) is 6.69. The van der Waals surface area contributed by atoms with Gasteiger partial charge in [-0.05, 0) is 58.8 Å². The van der Waals surface area contributed by atoms with Crippen LogP contribution in [-0.4, -0.2) is 35.8 Å². The maximum atomic E-state index is 13.3. The molecule has 37 heavy (non-hydrogen) atoms. The summed E-state index contributed by atoms with van der Waals surface area (Å²) in [7, 11) is 0. The molecule has 0 aliphatic carbocycles. The first-order chi connectivity index (χ1) is 18.0. The van der Waals surface area contributed by atoms with Crippen LogP contribution in [0.1, 0.15) is 26.3 Å². The van der Waals surface area contributed by atoms with Gasteiger partial charge in [0.2, 0.25) is 12.7 Å². The molecule has 1 atom stereocenters. The van der Waals surface area contributed by atoms with Gasteiger partial charge in [-0.2, -0.15) is 0 Å². The summed E-state index contributed by atoms with van der Waals surface area (Å²) in [4.78, 5) is 38.0. The Morgan fingerprint density at radius 2 is 1.51 bits per heavy atom. The first-order valence-electron chi connectivity index (χ1n) is 11.5. The molecule has 4 N–H and O–H groups in total. The molecule has 1 aliphatic rings. The van der Waals surface area contributed by atoms with E-state index in [0.717, 1.165) is 16.3 Å². The fourth-order valence-electron chi connectivity index (χ4n) is 4.09. The molecule has 9 nitrogen and oxygen atoms in total. The molecular weight excluding hydrogens is 474 g/mol. The Morgan fingerprint density at radius 3 is 2.30 bits per heavy atom. The summed E-state index contributed by atoms with van der Waals surface area (Å²) in [6.07, 6.45) is 0.248. The van der Waals surface area contributed by atoms with E-state index in [2.05, 4.69) is 10.6 Å². The second-order valence-electron chi connectivity index (χ2n) is 8.49. The minimum absolute atomic E-state index is 0.0894. The van der Waals surface area contributed by atoms with Gasteiger partial charge in [0, 0.05) is 23.2 Å². The van der Waals surface area contributed by atoms with Gasteiger partial charge >= 0.3 is 0 Å². The Balaban J connectivity index is 1.38. The van der Waals surface area contributed by atoms with E-state index in [1.54, 1.807) is 23.7 Å². The summed E-state index contributed by atoms with van der Waals surface area (Å²) >= 11 is 0. The molecular formula is C28H23N3O6. The number of anilines is 1. The van der Waals surface area contributed by atoms with Crippen LogP contribution < -0.4 is 25.6 Å². The van der Waals surface area contributed by atoms with Crippen molar-refractivity contribution in [2.45, 2.75) is 12.5 Å². The second-order valence-corrected chi connectivity index (χ2v) is 8.49. The number of nitrogens with one attached hydrogen (secondary N) is 3. The number of hydrogen-bond donors (Lipinski definition) is 4. The van der Waals surface area contributed by atoms with Crippen LogP contribution in [-0.2, 0) is 11.2 Å². The quantitative estimate of drug-likeness (QED) is 0.228. The van der Waals surface area contributed by atoms with Crippen molar-refractivity contribution in [2.24, 2.45) is 0 Å². The predicted octanol–water partition coefficient (Wildman–Crippen LogP) is 3.67. The predicted molar refractivity (Wildman–Crippen MR) is 136 cm³/mol. The molecule has 4 aromatic rings. The first kappa shape index (κ1) is 23.8. The molecule has 4 aromatic carbocycles. The van der Waals surface area contributed by atoms with Gasteiger partial charge in [-0.1, -0.05) is 42.5 Å². The molecule has 1 unspecified atom stereocenters. The lowest BCUT2D eigenvalue weighted by Gasteiger charge is -2.19. The number of carbonyl (C=O) groups excluding carboxylic acids is 3. The van der Waals surface area contributed by atoms with Gasteiger partial charge in [-0.3, -0.25) is 19.6 Å². The Bertz CT molecular complexity index is 1490. The number of amides is 3. The second kappa shape index (κ2) is 10.4. The summed E-state index contributed by atoms with van der Waals surface area (Å²) in [5.41, 5.74) is 3.43. The summed E-state index contributed by atoms with van der Waals surface area (Å²) < 4.78 is 10.7. The van der Waals surface area contributed by atoms with Crippen molar-refractivity contribution in [2.75, 3.05) is 12.1 Å². The minimum atomic E-state index is -0.903. The Labute approximate surface area is 212 Å². The van der Waals surface area contributed by atoms with Gasteiger partial charge in [0.25, 0.3) is 11.8 Å². The van der Waals surface area contributed by atoms with Gasteiger partial charge in [-0.15, -0.1) is 0 Å². The number of rotatable bonds is 7. The van der Waals surface area contributed by atoms with Crippen LogP contribution in [0.15, 0.2) is 84.9 Å². The molecule has 5 rings (SSSR count). The number of hydrogen-bond acceptors (Lipinski definition) is 6. The van der Waals surface area contributed by atoms with E-state index in [0.29, 0.717) is 22.7 Å². The lowest BCUT2D eigenvalue weighted by Crippen LogP contribution is -2.45. The molecule has 186 valence electrons. The average molecular weight is 498 g/mol. The van der Waals surface area contributed by atoms with Crippen LogP contribution >= 0.6 is 0 Å². The summed E-state index contributed by atoms with van der Waals surface area (Å²) in [5, 5.41) is 16.5. The lowest BCUT2D eigenvalue weighted by atomic mass is 10.0. The highest BCUT2D eigenvalue weighted by atomic mass is 16.7. The van der Waals surface area contributed by atoms with E-state index in [1.807, 2.05) is 42.5 Å². The van der Waals surface area contributed by atoms with E-state index in [1.165, 1.54) is 24.3 Å². The van der Waals surface area contributed by atoms with E-state index in [4.69, 9.17) is 14.7 Å². The average Bonchev–Trinajstić information content (AvgIpc) is 3.40. The Hall–Kier alpha value is -4.89. The van der Waals surface area contributed by atoms with Crippen molar-refractivity contribution < 1.29 is 29.1 Å². The van der Waals surface area contributed by atoms with Crippen molar-refractivity contribution in [1.82, 2.24) is 10.8 Å². The van der Waals surface area contributed by atoms with Crippen LogP contribution in [0.5, 0.6) is 11.5 Å². The van der Waals surface area contributed by atoms with Crippen molar-refractivity contribution >= 4 is 34.2 Å². The van der Waals surface area contributed by atoms with Gasteiger partial charge in [0.15, 0.2) is 11.5 Å². The zero-order chi connectivity index (χ0) is 25.8. The van der Waals surface area contributed by atoms with Crippen LogP contribution in [0.2, 0.25) is 0 Å². The number of hydroxylamine groups is 1. The highest BCUT2D eigenvalue weighted by Gasteiger charge is 2.24. The zero-order valence-corrected chi connectivity index (χ0v) is 19.6. The van der Waals surface area contributed by atoms with Gasteiger partial charge < -0.3 is 20.1 Å². The third kappa shape index (κ3) is 5.36. The molecule has 3 amide bonds. The van der Waals surface area contributed by atoms with Crippen LogP contribution in [0.25, 0.3) is 10.8 Å². The van der Waals surface area contributed by atoms with Gasteiger partial charge in [0.05, 0.1) is 0 Å². The number of ether oxygens (including phenoxy) is 2. The van der Waals surface area contributed by atoms with Crippen molar-refractivity contribution in [3.05, 3.63) is 102 Å². The maximum absolute atomic E-state index is 13.3. The molecule has 0 fully saturated rings. The molecule has 0 spiro atoms. The highest BCUT2D eigenvalue weighted by Crippen LogP contribution is 2.32. The van der Waals surface area contributed by atoms with Crippen LogP contribution in [0, 0.1) is 0 Å². The van der Waals surface area contributed by atoms with E-state index >= 15 is 0 Å². The monoisotopic (exact) mass is 497 g/mol. The SMILES string of the molecule is O=C(NO)c1ccc(NC(=O)C(Cc2ccc3ccccc3c2)NC(=O)c2ccc3c(c2)OCO3)cc1. The molecule has 0 bridgehead atoms. The number of carbonyl (C=O) groups is 3. The number of fused-ring (bicyclic) bond motifs is 2. The van der Waals surface area contributed by atoms with Crippen molar-refractivity contribution in [3.8, 4) is 11.5 Å². The number of benzene rings is 4. The highest BCUT2D eigenvalue weighted by molar-refractivity contribution is 6.02. The molecule has 1 aliphatic heterocycles. The zero-order valence-electron chi connectivity index (χ0n) is 19.6.